The molecule has 8 heteroatoms. The second-order valence-electron chi connectivity index (χ2n) is 5.26. The van der Waals surface area contributed by atoms with Crippen molar-refractivity contribution in [2.45, 2.75) is 16.6 Å². The van der Waals surface area contributed by atoms with Crippen LogP contribution in [-0.4, -0.2) is 15.0 Å². The van der Waals surface area contributed by atoms with Gasteiger partial charge in [-0.1, -0.05) is 17.7 Å². The number of rotatable bonds is 6. The maximum Gasteiger partial charge on any atom is 0.192 e. The summed E-state index contributed by atoms with van der Waals surface area (Å²) >= 11 is 10.6. The molecule has 0 aliphatic heterocycles. The topological polar surface area (TPSA) is 50.7 Å². The molecule has 3 aromatic heterocycles. The molecule has 130 valence electrons. The molecule has 0 unspecified atom stereocenters. The number of halogens is 1. The lowest BCUT2D eigenvalue weighted by Gasteiger charge is -2.06. The lowest BCUT2D eigenvalue weighted by molar-refractivity contribution is 0.974. The number of thiophene rings is 1. The minimum absolute atomic E-state index is 0.568. The Hall–Kier alpha value is -1.93. The average molecular weight is 417 g/mol. The van der Waals surface area contributed by atoms with Gasteiger partial charge in [0.05, 0.1) is 17.1 Å². The highest BCUT2D eigenvalue weighted by Crippen LogP contribution is 2.29. The summed E-state index contributed by atoms with van der Waals surface area (Å²) in [6.07, 6.45) is 3.60. The van der Waals surface area contributed by atoms with E-state index in [0.29, 0.717) is 11.0 Å². The number of hydrogen-bond donors (Lipinski definition) is 1. The second kappa shape index (κ2) is 8.18. The minimum atomic E-state index is 0.568. The molecule has 4 aromatic rings. The third kappa shape index (κ3) is 4.42. The van der Waals surface area contributed by atoms with Gasteiger partial charge in [-0.25, -0.2) is 15.0 Å². The maximum absolute atomic E-state index is 5.85. The largest absolute Gasteiger partial charge is 0.380 e. The van der Waals surface area contributed by atoms with Gasteiger partial charge in [-0.05, 0) is 53.5 Å². The van der Waals surface area contributed by atoms with E-state index in [4.69, 9.17) is 11.6 Å². The minimum Gasteiger partial charge on any atom is -0.380 e. The Labute approximate surface area is 168 Å². The van der Waals surface area contributed by atoms with Gasteiger partial charge >= 0.3 is 0 Å². The van der Waals surface area contributed by atoms with Gasteiger partial charge in [0.25, 0.3) is 0 Å². The number of nitrogens with zero attached hydrogens (tertiary/aromatic N) is 3. The van der Waals surface area contributed by atoms with Crippen LogP contribution in [0.4, 0.5) is 5.69 Å². The lowest BCUT2D eigenvalue weighted by Crippen LogP contribution is -1.96. The third-order valence-corrected chi connectivity index (χ3v) is 6.36. The monoisotopic (exact) mass is 416 g/mol. The summed E-state index contributed by atoms with van der Waals surface area (Å²) in [4.78, 5) is 16.4. The van der Waals surface area contributed by atoms with Crippen molar-refractivity contribution in [2.75, 3.05) is 5.32 Å². The fourth-order valence-electron chi connectivity index (χ4n) is 2.25. The lowest BCUT2D eigenvalue weighted by atomic mass is 10.3. The molecule has 0 saturated heterocycles. The first-order chi connectivity index (χ1) is 12.8. The summed E-state index contributed by atoms with van der Waals surface area (Å²) in [5.74, 6) is 0. The van der Waals surface area contributed by atoms with Crippen LogP contribution >= 0.6 is 46.0 Å². The summed E-state index contributed by atoms with van der Waals surface area (Å²) in [6.45, 7) is 0.711. The first kappa shape index (κ1) is 17.5. The van der Waals surface area contributed by atoms with E-state index < -0.39 is 0 Å². The van der Waals surface area contributed by atoms with Crippen LogP contribution in [0.5, 0.6) is 0 Å². The molecule has 0 bridgehead atoms. The Kier molecular flexibility index (Phi) is 5.50. The first-order valence-corrected chi connectivity index (χ1v) is 10.6. The van der Waals surface area contributed by atoms with Crippen LogP contribution in [0, 0.1) is 0 Å². The van der Waals surface area contributed by atoms with Gasteiger partial charge in [0.1, 0.15) is 0 Å². The van der Waals surface area contributed by atoms with Crippen molar-refractivity contribution in [1.29, 1.82) is 0 Å². The molecule has 3 heterocycles. The number of thiazole rings is 1. The Bertz CT molecular complexity index is 984. The van der Waals surface area contributed by atoms with Gasteiger partial charge in [0.2, 0.25) is 0 Å². The molecule has 1 N–H and O–H groups in total. The SMILES string of the molecule is Clc1ncc(CNc2ccc(Sc3nccc(-c4cccs4)n3)cc2)s1. The Morgan fingerprint density at radius 2 is 1.96 bits per heavy atom. The van der Waals surface area contributed by atoms with Crippen molar-refractivity contribution in [3.63, 3.8) is 0 Å². The first-order valence-electron chi connectivity index (χ1n) is 7.75. The fraction of sp³-hybridized carbons (Fsp3) is 0.0556. The zero-order valence-corrected chi connectivity index (χ0v) is 16.6. The van der Waals surface area contributed by atoms with Crippen LogP contribution < -0.4 is 5.32 Å². The van der Waals surface area contributed by atoms with Crippen LogP contribution in [0.3, 0.4) is 0 Å². The van der Waals surface area contributed by atoms with E-state index in [-0.39, 0.29) is 0 Å². The van der Waals surface area contributed by atoms with Gasteiger partial charge in [0, 0.05) is 27.9 Å². The summed E-state index contributed by atoms with van der Waals surface area (Å²) in [5.41, 5.74) is 2.01. The third-order valence-electron chi connectivity index (χ3n) is 3.46. The summed E-state index contributed by atoms with van der Waals surface area (Å²) in [6, 6.07) is 14.3. The Morgan fingerprint density at radius 1 is 1.08 bits per heavy atom. The van der Waals surface area contributed by atoms with Crippen molar-refractivity contribution in [3.8, 4) is 10.6 Å². The van der Waals surface area contributed by atoms with Crippen molar-refractivity contribution in [3.05, 3.63) is 69.6 Å². The van der Waals surface area contributed by atoms with Crippen LogP contribution in [0.25, 0.3) is 10.6 Å². The molecule has 1 aromatic carbocycles. The van der Waals surface area contributed by atoms with Gasteiger partial charge < -0.3 is 5.32 Å². The van der Waals surface area contributed by atoms with Crippen molar-refractivity contribution >= 4 is 51.7 Å². The highest BCUT2D eigenvalue weighted by Gasteiger charge is 2.05. The van der Waals surface area contributed by atoms with E-state index in [2.05, 4.69) is 43.8 Å². The molecule has 0 spiro atoms. The van der Waals surface area contributed by atoms with Gasteiger partial charge in [0.15, 0.2) is 9.62 Å². The molecular weight excluding hydrogens is 404 g/mol. The number of aromatic nitrogens is 3. The molecule has 4 rings (SSSR count). The molecule has 0 radical (unpaired) electrons. The summed E-state index contributed by atoms with van der Waals surface area (Å²) in [7, 11) is 0. The fourth-order valence-corrected chi connectivity index (χ4v) is 4.61. The Morgan fingerprint density at radius 3 is 2.69 bits per heavy atom. The van der Waals surface area contributed by atoms with E-state index in [1.54, 1.807) is 35.5 Å². The standard InChI is InChI=1S/C18H13ClN4S3/c19-17-22-11-14(25-17)10-21-12-3-5-13(6-4-12)26-18-20-8-7-15(23-18)16-2-1-9-24-16/h1-9,11,21H,10H2. The average Bonchev–Trinajstić information content (AvgIpc) is 3.33. The number of anilines is 1. The quantitative estimate of drug-likeness (QED) is 0.386. The molecular formula is C18H13ClN4S3. The van der Waals surface area contributed by atoms with Crippen molar-refractivity contribution in [2.24, 2.45) is 0 Å². The predicted molar refractivity (Wildman–Crippen MR) is 110 cm³/mol. The molecule has 0 saturated carbocycles. The smallest absolute Gasteiger partial charge is 0.192 e. The van der Waals surface area contributed by atoms with E-state index in [0.717, 1.165) is 31.2 Å². The van der Waals surface area contributed by atoms with Crippen LogP contribution in [0.15, 0.2) is 70.3 Å². The van der Waals surface area contributed by atoms with E-state index in [1.165, 1.54) is 11.3 Å². The van der Waals surface area contributed by atoms with Crippen LogP contribution in [0.1, 0.15) is 4.88 Å². The van der Waals surface area contributed by atoms with Gasteiger partial charge in [-0.15, -0.1) is 22.7 Å². The zero-order valence-electron chi connectivity index (χ0n) is 13.4. The molecule has 0 fully saturated rings. The van der Waals surface area contributed by atoms with Crippen molar-refractivity contribution < 1.29 is 0 Å². The molecule has 0 amide bonds. The van der Waals surface area contributed by atoms with Crippen LogP contribution in [0.2, 0.25) is 4.47 Å². The van der Waals surface area contributed by atoms with E-state index in [1.807, 2.05) is 24.3 Å². The number of nitrogens with one attached hydrogen (secondary N) is 1. The molecule has 4 nitrogen and oxygen atoms in total. The molecule has 0 aliphatic rings. The second-order valence-corrected chi connectivity index (χ2v) is 8.95. The van der Waals surface area contributed by atoms with Gasteiger partial charge in [-0.3, -0.25) is 0 Å². The maximum atomic E-state index is 5.85. The van der Waals surface area contributed by atoms with Crippen molar-refractivity contribution in [1.82, 2.24) is 15.0 Å². The molecule has 0 atom stereocenters. The highest BCUT2D eigenvalue weighted by atomic mass is 35.5. The summed E-state index contributed by atoms with van der Waals surface area (Å²) in [5, 5.41) is 6.16. The van der Waals surface area contributed by atoms with E-state index in [9.17, 15) is 0 Å². The molecule has 26 heavy (non-hydrogen) atoms. The normalized spacial score (nSPS) is 10.8. The Balaban J connectivity index is 1.40. The number of hydrogen-bond acceptors (Lipinski definition) is 7. The highest BCUT2D eigenvalue weighted by molar-refractivity contribution is 7.99. The molecule has 0 aliphatic carbocycles. The van der Waals surface area contributed by atoms with Crippen LogP contribution in [-0.2, 0) is 6.54 Å². The predicted octanol–water partition coefficient (Wildman–Crippen LogP) is 6.08. The van der Waals surface area contributed by atoms with Gasteiger partial charge in [-0.2, -0.15) is 0 Å². The zero-order chi connectivity index (χ0) is 17.8. The number of benzene rings is 1. The summed E-state index contributed by atoms with van der Waals surface area (Å²) < 4.78 is 0.568. The van der Waals surface area contributed by atoms with E-state index >= 15 is 0 Å².